The van der Waals surface area contributed by atoms with Crippen LogP contribution in [0.5, 0.6) is 0 Å². The highest BCUT2D eigenvalue weighted by atomic mass is 16.5. The van der Waals surface area contributed by atoms with Gasteiger partial charge in [0.1, 0.15) is 0 Å². The van der Waals surface area contributed by atoms with Gasteiger partial charge in [0.2, 0.25) is 5.91 Å². The van der Waals surface area contributed by atoms with Gasteiger partial charge in [-0.2, -0.15) is 0 Å². The van der Waals surface area contributed by atoms with E-state index in [1.165, 1.54) is 0 Å². The monoisotopic (exact) mass is 343 g/mol. The van der Waals surface area contributed by atoms with Gasteiger partial charge >= 0.3 is 0 Å². The molecule has 6 nitrogen and oxygen atoms in total. The van der Waals surface area contributed by atoms with Gasteiger partial charge in [0.05, 0.1) is 18.2 Å². The summed E-state index contributed by atoms with van der Waals surface area (Å²) in [6.45, 7) is 8.61. The first-order valence-electron chi connectivity index (χ1n) is 8.65. The first-order valence-corrected chi connectivity index (χ1v) is 8.65. The fourth-order valence-electron chi connectivity index (χ4n) is 3.35. The second-order valence-electron chi connectivity index (χ2n) is 6.75. The molecule has 0 saturated carbocycles. The van der Waals surface area contributed by atoms with Crippen molar-refractivity contribution in [2.45, 2.75) is 33.4 Å². The minimum atomic E-state index is -0.0192. The fourth-order valence-corrected chi connectivity index (χ4v) is 3.35. The molecule has 1 fully saturated rings. The average Bonchev–Trinajstić information content (AvgIpc) is 2.56. The highest BCUT2D eigenvalue weighted by Gasteiger charge is 2.21. The van der Waals surface area contributed by atoms with E-state index in [9.17, 15) is 9.59 Å². The van der Waals surface area contributed by atoms with Crippen molar-refractivity contribution in [2.75, 3.05) is 26.2 Å². The molecule has 1 aliphatic rings. The zero-order valence-electron chi connectivity index (χ0n) is 15.0. The number of hydrogen-bond donors (Lipinski definition) is 2. The molecule has 1 amide bonds. The number of nitrogens with one attached hydrogen (secondary N) is 2. The fraction of sp³-hybridized carbons (Fsp3) is 0.474. The number of aryl methyl sites for hydroxylation is 2. The van der Waals surface area contributed by atoms with Crippen LogP contribution < -0.4 is 10.7 Å². The van der Waals surface area contributed by atoms with E-state index in [4.69, 9.17) is 4.74 Å². The molecule has 2 aromatic rings. The molecule has 25 heavy (non-hydrogen) atoms. The van der Waals surface area contributed by atoms with Crippen molar-refractivity contribution >= 4 is 16.8 Å². The lowest BCUT2D eigenvalue weighted by molar-refractivity contribution is -0.136. The maximum atomic E-state index is 12.4. The Labute approximate surface area is 147 Å². The lowest BCUT2D eigenvalue weighted by Gasteiger charge is -2.32. The largest absolute Gasteiger partial charge is 0.373 e. The molecule has 1 unspecified atom stereocenters. The van der Waals surface area contributed by atoms with Crippen molar-refractivity contribution in [3.63, 3.8) is 0 Å². The Morgan fingerprint density at radius 3 is 2.92 bits per heavy atom. The molecule has 1 aliphatic heterocycles. The zero-order chi connectivity index (χ0) is 18.0. The van der Waals surface area contributed by atoms with E-state index in [0.29, 0.717) is 32.8 Å². The summed E-state index contributed by atoms with van der Waals surface area (Å²) in [6.07, 6.45) is -0.0192. The molecule has 1 aromatic heterocycles. The number of aromatic amines is 1. The minimum absolute atomic E-state index is 0.0192. The van der Waals surface area contributed by atoms with E-state index >= 15 is 0 Å². The number of rotatable bonds is 4. The molecule has 2 heterocycles. The minimum Gasteiger partial charge on any atom is -0.373 e. The van der Waals surface area contributed by atoms with E-state index in [2.05, 4.69) is 16.4 Å². The summed E-state index contributed by atoms with van der Waals surface area (Å²) >= 11 is 0. The second-order valence-corrected chi connectivity index (χ2v) is 6.75. The third-order valence-corrected chi connectivity index (χ3v) is 4.61. The number of ether oxygens (including phenoxy) is 1. The number of carbonyl (C=O) groups excluding carboxylic acids is 1. The second kappa shape index (κ2) is 7.37. The number of hydrogen-bond acceptors (Lipinski definition) is 4. The van der Waals surface area contributed by atoms with Crippen LogP contribution in [-0.4, -0.2) is 48.1 Å². The SMILES string of the molecule is CC(=O)N1CCOC(CNCc2cc(=O)c3cc(C)cc(C)c3[nH]2)C1. The number of pyridine rings is 1. The van der Waals surface area contributed by atoms with Crippen LogP contribution in [0.4, 0.5) is 0 Å². The number of carbonyl (C=O) groups is 1. The molecule has 1 saturated heterocycles. The summed E-state index contributed by atoms with van der Waals surface area (Å²) in [4.78, 5) is 29.0. The third kappa shape index (κ3) is 4.08. The summed E-state index contributed by atoms with van der Waals surface area (Å²) in [6, 6.07) is 5.64. The molecule has 6 heteroatoms. The summed E-state index contributed by atoms with van der Waals surface area (Å²) in [7, 11) is 0. The van der Waals surface area contributed by atoms with E-state index in [1.807, 2.05) is 19.9 Å². The molecular formula is C19H25N3O3. The van der Waals surface area contributed by atoms with Gasteiger partial charge in [-0.05, 0) is 31.0 Å². The molecule has 2 N–H and O–H groups in total. The van der Waals surface area contributed by atoms with Gasteiger partial charge in [-0.15, -0.1) is 0 Å². The summed E-state index contributed by atoms with van der Waals surface area (Å²) in [5.41, 5.74) is 3.94. The van der Waals surface area contributed by atoms with Crippen molar-refractivity contribution in [3.8, 4) is 0 Å². The number of nitrogens with zero attached hydrogens (tertiary/aromatic N) is 1. The normalized spacial score (nSPS) is 17.9. The van der Waals surface area contributed by atoms with Crippen molar-refractivity contribution in [1.29, 1.82) is 0 Å². The van der Waals surface area contributed by atoms with Gasteiger partial charge < -0.3 is 19.9 Å². The van der Waals surface area contributed by atoms with Gasteiger partial charge in [-0.1, -0.05) is 6.07 Å². The summed E-state index contributed by atoms with van der Waals surface area (Å²) in [5.74, 6) is 0.0814. The molecule has 1 atom stereocenters. The lowest BCUT2D eigenvalue weighted by atomic mass is 10.1. The van der Waals surface area contributed by atoms with Crippen LogP contribution in [-0.2, 0) is 16.1 Å². The Kier molecular flexibility index (Phi) is 5.20. The number of fused-ring (bicyclic) bond motifs is 1. The number of H-pyrrole nitrogens is 1. The van der Waals surface area contributed by atoms with E-state index in [1.54, 1.807) is 17.9 Å². The van der Waals surface area contributed by atoms with Crippen molar-refractivity contribution < 1.29 is 9.53 Å². The Hall–Kier alpha value is -2.18. The summed E-state index contributed by atoms with van der Waals surface area (Å²) < 4.78 is 5.69. The van der Waals surface area contributed by atoms with E-state index in [-0.39, 0.29) is 17.4 Å². The lowest BCUT2D eigenvalue weighted by Crippen LogP contribution is -2.48. The standard InChI is InChI=1S/C19H25N3O3/c1-12-6-13(2)19-17(7-12)18(24)8-15(21-19)9-20-10-16-11-22(14(3)23)4-5-25-16/h6-8,16,20H,4-5,9-11H2,1-3H3,(H,21,24). The maximum absolute atomic E-state index is 12.4. The quantitative estimate of drug-likeness (QED) is 0.882. The number of aromatic nitrogens is 1. The highest BCUT2D eigenvalue weighted by Crippen LogP contribution is 2.16. The van der Waals surface area contributed by atoms with E-state index in [0.717, 1.165) is 27.7 Å². The Morgan fingerprint density at radius 1 is 1.36 bits per heavy atom. The number of benzene rings is 1. The van der Waals surface area contributed by atoms with Crippen LogP contribution >= 0.6 is 0 Å². The van der Waals surface area contributed by atoms with Gasteiger partial charge in [0.15, 0.2) is 5.43 Å². The Morgan fingerprint density at radius 2 is 2.16 bits per heavy atom. The van der Waals surface area contributed by atoms with Crippen molar-refractivity contribution in [1.82, 2.24) is 15.2 Å². The van der Waals surface area contributed by atoms with Gasteiger partial charge in [-0.3, -0.25) is 9.59 Å². The predicted molar refractivity (Wildman–Crippen MR) is 97.7 cm³/mol. The van der Waals surface area contributed by atoms with Crippen LogP contribution in [0.1, 0.15) is 23.7 Å². The molecule has 0 radical (unpaired) electrons. The van der Waals surface area contributed by atoms with Crippen LogP contribution in [0.2, 0.25) is 0 Å². The first kappa shape index (κ1) is 17.6. The zero-order valence-corrected chi connectivity index (χ0v) is 15.0. The molecule has 0 spiro atoms. The van der Waals surface area contributed by atoms with Crippen molar-refractivity contribution in [3.05, 3.63) is 45.2 Å². The summed E-state index contributed by atoms with van der Waals surface area (Å²) in [5, 5.41) is 4.05. The molecule has 134 valence electrons. The maximum Gasteiger partial charge on any atom is 0.219 e. The van der Waals surface area contributed by atoms with Gasteiger partial charge in [0, 0.05) is 50.2 Å². The Balaban J connectivity index is 1.66. The first-order chi connectivity index (χ1) is 11.9. The van der Waals surface area contributed by atoms with Gasteiger partial charge in [0.25, 0.3) is 0 Å². The van der Waals surface area contributed by atoms with Crippen LogP contribution in [0.15, 0.2) is 23.0 Å². The van der Waals surface area contributed by atoms with E-state index < -0.39 is 0 Å². The third-order valence-electron chi connectivity index (χ3n) is 4.61. The smallest absolute Gasteiger partial charge is 0.219 e. The molecule has 1 aromatic carbocycles. The molecule has 3 rings (SSSR count). The van der Waals surface area contributed by atoms with Crippen LogP contribution in [0.25, 0.3) is 10.9 Å². The van der Waals surface area contributed by atoms with Crippen LogP contribution in [0, 0.1) is 13.8 Å². The topological polar surface area (TPSA) is 74.4 Å². The highest BCUT2D eigenvalue weighted by molar-refractivity contribution is 5.82. The molecule has 0 aliphatic carbocycles. The van der Waals surface area contributed by atoms with Crippen LogP contribution in [0.3, 0.4) is 0 Å². The Bertz CT molecular complexity index is 844. The average molecular weight is 343 g/mol. The number of morpholine rings is 1. The van der Waals surface area contributed by atoms with Crippen molar-refractivity contribution in [2.24, 2.45) is 0 Å². The predicted octanol–water partition coefficient (Wildman–Crippen LogP) is 1.48. The molecular weight excluding hydrogens is 318 g/mol. The van der Waals surface area contributed by atoms with Gasteiger partial charge in [-0.25, -0.2) is 0 Å². The number of amides is 1. The molecule has 0 bridgehead atoms.